The Kier molecular flexibility index (Phi) is 3.23. The molecule has 4 heteroatoms. The molecule has 1 fully saturated rings. The molecule has 24 heavy (non-hydrogen) atoms. The predicted molar refractivity (Wildman–Crippen MR) is 90.2 cm³/mol. The number of benzene rings is 2. The molecule has 0 bridgehead atoms. The number of hydrogen-bond acceptors (Lipinski definition) is 2. The van der Waals surface area contributed by atoms with Crippen LogP contribution in [0.1, 0.15) is 50.2 Å². The Morgan fingerprint density at radius 2 is 1.79 bits per heavy atom. The van der Waals surface area contributed by atoms with Gasteiger partial charge in [-0.2, -0.15) is 0 Å². The van der Waals surface area contributed by atoms with Crippen molar-refractivity contribution in [3.05, 3.63) is 70.3 Å². The monoisotopic (exact) mass is 321 g/mol. The lowest BCUT2D eigenvalue weighted by molar-refractivity contribution is 0.0696. The summed E-state index contributed by atoms with van der Waals surface area (Å²) < 4.78 is 0. The van der Waals surface area contributed by atoms with E-state index in [2.05, 4.69) is 18.2 Å². The van der Waals surface area contributed by atoms with Gasteiger partial charge in [0.2, 0.25) is 0 Å². The van der Waals surface area contributed by atoms with E-state index in [0.29, 0.717) is 12.1 Å². The minimum absolute atomic E-state index is 0.0815. The van der Waals surface area contributed by atoms with Crippen LogP contribution in [-0.4, -0.2) is 28.4 Å². The summed E-state index contributed by atoms with van der Waals surface area (Å²) >= 11 is 0. The van der Waals surface area contributed by atoms with E-state index in [9.17, 15) is 14.7 Å². The van der Waals surface area contributed by atoms with Gasteiger partial charge in [-0.1, -0.05) is 24.3 Å². The van der Waals surface area contributed by atoms with Crippen molar-refractivity contribution in [2.75, 3.05) is 6.54 Å². The predicted octanol–water partition coefficient (Wildman–Crippen LogP) is 3.38. The van der Waals surface area contributed by atoms with E-state index >= 15 is 0 Å². The SMILES string of the molecule is Cc1cc(C(=O)O)cc(C(=O)N2Cc3ccccc3C3(CC3)C2)c1. The quantitative estimate of drug-likeness (QED) is 0.922. The molecule has 4 rings (SSSR count). The highest BCUT2D eigenvalue weighted by Crippen LogP contribution is 2.52. The maximum Gasteiger partial charge on any atom is 0.335 e. The third-order valence-corrected chi connectivity index (χ3v) is 5.16. The molecular formula is C20H19NO3. The number of aryl methyl sites for hydroxylation is 1. The van der Waals surface area contributed by atoms with Gasteiger partial charge in [-0.25, -0.2) is 4.79 Å². The van der Waals surface area contributed by atoms with Crippen LogP contribution in [0.25, 0.3) is 0 Å². The van der Waals surface area contributed by atoms with Crippen molar-refractivity contribution in [3.8, 4) is 0 Å². The Bertz CT molecular complexity index is 852. The Labute approximate surface area is 140 Å². The van der Waals surface area contributed by atoms with Crippen molar-refractivity contribution in [1.29, 1.82) is 0 Å². The van der Waals surface area contributed by atoms with Crippen molar-refractivity contribution >= 4 is 11.9 Å². The van der Waals surface area contributed by atoms with Gasteiger partial charge in [-0.05, 0) is 54.7 Å². The molecular weight excluding hydrogens is 302 g/mol. The molecule has 1 spiro atoms. The molecule has 1 aliphatic carbocycles. The number of fused-ring (bicyclic) bond motifs is 2. The van der Waals surface area contributed by atoms with Crippen LogP contribution in [0, 0.1) is 6.92 Å². The molecule has 0 aromatic heterocycles. The summed E-state index contributed by atoms with van der Waals surface area (Å²) in [7, 11) is 0. The zero-order chi connectivity index (χ0) is 16.9. The van der Waals surface area contributed by atoms with Crippen LogP contribution in [-0.2, 0) is 12.0 Å². The lowest BCUT2D eigenvalue weighted by Gasteiger charge is -2.35. The first-order valence-corrected chi connectivity index (χ1v) is 8.21. The Morgan fingerprint density at radius 3 is 2.50 bits per heavy atom. The van der Waals surface area contributed by atoms with Gasteiger partial charge >= 0.3 is 5.97 Å². The summed E-state index contributed by atoms with van der Waals surface area (Å²) in [6, 6.07) is 13.2. The summed E-state index contributed by atoms with van der Waals surface area (Å²) in [5, 5.41) is 9.22. The van der Waals surface area contributed by atoms with E-state index in [1.807, 2.05) is 17.9 Å². The molecule has 2 aromatic rings. The van der Waals surface area contributed by atoms with E-state index in [1.54, 1.807) is 12.1 Å². The van der Waals surface area contributed by atoms with Crippen LogP contribution in [0.5, 0.6) is 0 Å². The fraction of sp³-hybridized carbons (Fsp3) is 0.300. The van der Waals surface area contributed by atoms with Crippen LogP contribution in [0.15, 0.2) is 42.5 Å². The molecule has 0 atom stereocenters. The number of amides is 1. The maximum atomic E-state index is 13.0. The van der Waals surface area contributed by atoms with Crippen molar-refractivity contribution in [2.24, 2.45) is 0 Å². The van der Waals surface area contributed by atoms with Gasteiger partial charge in [0.05, 0.1) is 5.56 Å². The smallest absolute Gasteiger partial charge is 0.335 e. The van der Waals surface area contributed by atoms with Crippen LogP contribution >= 0.6 is 0 Å². The van der Waals surface area contributed by atoms with Crippen LogP contribution in [0.2, 0.25) is 0 Å². The number of carbonyl (C=O) groups is 2. The van der Waals surface area contributed by atoms with E-state index in [0.717, 1.165) is 24.9 Å². The third kappa shape index (κ3) is 2.39. The number of aromatic carboxylic acids is 1. The molecule has 2 aromatic carbocycles. The lowest BCUT2D eigenvalue weighted by Crippen LogP contribution is -2.41. The molecule has 1 saturated carbocycles. The first-order valence-electron chi connectivity index (χ1n) is 8.21. The molecule has 1 amide bonds. The van der Waals surface area contributed by atoms with Gasteiger partial charge in [0, 0.05) is 24.1 Å². The van der Waals surface area contributed by atoms with Crippen molar-refractivity contribution in [2.45, 2.75) is 31.7 Å². The van der Waals surface area contributed by atoms with E-state index in [4.69, 9.17) is 0 Å². The average molecular weight is 321 g/mol. The Morgan fingerprint density at radius 1 is 1.08 bits per heavy atom. The molecule has 2 aliphatic rings. The van der Waals surface area contributed by atoms with Crippen molar-refractivity contribution in [3.63, 3.8) is 0 Å². The Balaban J connectivity index is 1.68. The fourth-order valence-corrected chi connectivity index (χ4v) is 3.82. The van der Waals surface area contributed by atoms with Gasteiger partial charge in [0.1, 0.15) is 0 Å². The van der Waals surface area contributed by atoms with Crippen LogP contribution in [0.4, 0.5) is 0 Å². The molecule has 4 nitrogen and oxygen atoms in total. The highest BCUT2D eigenvalue weighted by atomic mass is 16.4. The van der Waals surface area contributed by atoms with Gasteiger partial charge < -0.3 is 10.0 Å². The summed E-state index contributed by atoms with van der Waals surface area (Å²) in [6.07, 6.45) is 2.23. The van der Waals surface area contributed by atoms with Gasteiger partial charge in [-0.15, -0.1) is 0 Å². The maximum absolute atomic E-state index is 13.0. The van der Waals surface area contributed by atoms with E-state index < -0.39 is 5.97 Å². The molecule has 0 radical (unpaired) electrons. The molecule has 1 N–H and O–H groups in total. The molecule has 0 saturated heterocycles. The summed E-state index contributed by atoms with van der Waals surface area (Å²) in [5.41, 5.74) is 4.12. The second kappa shape index (κ2) is 5.20. The van der Waals surface area contributed by atoms with Gasteiger partial charge in [-0.3, -0.25) is 4.79 Å². The largest absolute Gasteiger partial charge is 0.478 e. The topological polar surface area (TPSA) is 57.6 Å². The first kappa shape index (κ1) is 14.9. The average Bonchev–Trinajstić information content (AvgIpc) is 3.33. The van der Waals surface area contributed by atoms with E-state index in [1.165, 1.54) is 17.2 Å². The summed E-state index contributed by atoms with van der Waals surface area (Å²) in [6.45, 7) is 3.13. The second-order valence-electron chi connectivity index (χ2n) is 6.99. The minimum atomic E-state index is -1.00. The van der Waals surface area contributed by atoms with Crippen LogP contribution < -0.4 is 0 Å². The van der Waals surface area contributed by atoms with Crippen LogP contribution in [0.3, 0.4) is 0 Å². The molecule has 1 heterocycles. The Hall–Kier alpha value is -2.62. The highest BCUT2D eigenvalue weighted by molar-refractivity contribution is 5.98. The summed E-state index contributed by atoms with van der Waals surface area (Å²) in [4.78, 5) is 26.1. The normalized spacial score (nSPS) is 17.5. The van der Waals surface area contributed by atoms with Gasteiger partial charge in [0.25, 0.3) is 5.91 Å². The van der Waals surface area contributed by atoms with Crippen molar-refractivity contribution in [1.82, 2.24) is 4.90 Å². The second-order valence-corrected chi connectivity index (χ2v) is 6.99. The number of carbonyl (C=O) groups excluding carboxylic acids is 1. The number of carboxylic acids is 1. The molecule has 1 aliphatic heterocycles. The number of hydrogen-bond donors (Lipinski definition) is 1. The highest BCUT2D eigenvalue weighted by Gasteiger charge is 2.49. The standard InChI is InChI=1S/C20H19NO3/c1-13-8-15(10-16(9-13)19(23)24)18(22)21-11-14-4-2-3-5-17(14)20(12-21)6-7-20/h2-5,8-10H,6-7,11-12H2,1H3,(H,23,24). The summed E-state index contributed by atoms with van der Waals surface area (Å²) in [5.74, 6) is -1.09. The number of rotatable bonds is 2. The molecule has 122 valence electrons. The fourth-order valence-electron chi connectivity index (χ4n) is 3.82. The zero-order valence-electron chi connectivity index (χ0n) is 13.6. The lowest BCUT2D eigenvalue weighted by atomic mass is 9.86. The number of carboxylic acid groups (broad SMARTS) is 1. The van der Waals surface area contributed by atoms with E-state index in [-0.39, 0.29) is 16.9 Å². The van der Waals surface area contributed by atoms with Crippen molar-refractivity contribution < 1.29 is 14.7 Å². The molecule has 0 unspecified atom stereocenters. The zero-order valence-corrected chi connectivity index (χ0v) is 13.6. The van der Waals surface area contributed by atoms with Gasteiger partial charge in [0.15, 0.2) is 0 Å². The minimum Gasteiger partial charge on any atom is -0.478 e. The number of nitrogens with zero attached hydrogens (tertiary/aromatic N) is 1. The first-order chi connectivity index (χ1) is 11.5. The third-order valence-electron chi connectivity index (χ3n) is 5.16.